The van der Waals surface area contributed by atoms with Gasteiger partial charge in [0.25, 0.3) is 0 Å². The predicted molar refractivity (Wildman–Crippen MR) is 58.9 cm³/mol. The number of hydrogen-bond acceptors (Lipinski definition) is 2. The van der Waals surface area contributed by atoms with E-state index in [0.717, 1.165) is 17.4 Å². The van der Waals surface area contributed by atoms with Crippen LogP contribution >= 0.6 is 23.2 Å². The van der Waals surface area contributed by atoms with E-state index in [1.165, 1.54) is 0 Å². The largest absolute Gasteiger partial charge is 0.236 e. The lowest BCUT2D eigenvalue weighted by molar-refractivity contribution is 1.11. The molecule has 0 N–H and O–H groups in total. The first-order valence-corrected chi connectivity index (χ1v) is 5.07. The molecule has 0 atom stereocenters. The molecule has 0 spiro atoms. The maximum atomic E-state index is 6.02. The Balaban J connectivity index is 2.80. The van der Waals surface area contributed by atoms with Crippen LogP contribution in [0.2, 0.25) is 10.2 Å². The zero-order chi connectivity index (χ0) is 10.1. The highest BCUT2D eigenvalue weighted by Gasteiger charge is 2.06. The molecular formula is C10H8Cl2N2. The first-order chi connectivity index (χ1) is 6.72. The van der Waals surface area contributed by atoms with Gasteiger partial charge in [-0.3, -0.25) is 0 Å². The number of hydrogen-bond donors (Lipinski definition) is 0. The molecule has 0 saturated heterocycles. The molecule has 2 heterocycles. The molecule has 0 saturated carbocycles. The summed E-state index contributed by atoms with van der Waals surface area (Å²) in [5, 5.41) is 2.03. The van der Waals surface area contributed by atoms with Crippen LogP contribution < -0.4 is 0 Å². The van der Waals surface area contributed by atoms with Gasteiger partial charge in [0.15, 0.2) is 5.65 Å². The average molecular weight is 227 g/mol. The van der Waals surface area contributed by atoms with E-state index in [4.69, 9.17) is 23.2 Å². The van der Waals surface area contributed by atoms with Crippen LogP contribution in [-0.2, 0) is 6.42 Å². The lowest BCUT2D eigenvalue weighted by Gasteiger charge is -2.03. The molecule has 0 aromatic carbocycles. The van der Waals surface area contributed by atoms with Gasteiger partial charge in [0, 0.05) is 11.6 Å². The lowest BCUT2D eigenvalue weighted by Crippen LogP contribution is -1.90. The van der Waals surface area contributed by atoms with Gasteiger partial charge in [-0.15, -0.1) is 0 Å². The normalized spacial score (nSPS) is 10.8. The second-order valence-corrected chi connectivity index (χ2v) is 3.72. The third kappa shape index (κ3) is 1.56. The van der Waals surface area contributed by atoms with Crippen molar-refractivity contribution < 1.29 is 0 Å². The van der Waals surface area contributed by atoms with Gasteiger partial charge in [0.05, 0.1) is 5.02 Å². The Morgan fingerprint density at radius 2 is 2.14 bits per heavy atom. The van der Waals surface area contributed by atoms with Crippen LogP contribution in [0.25, 0.3) is 11.0 Å². The summed E-state index contributed by atoms with van der Waals surface area (Å²) < 4.78 is 0. The zero-order valence-corrected chi connectivity index (χ0v) is 9.10. The van der Waals surface area contributed by atoms with E-state index in [1.807, 2.05) is 13.0 Å². The van der Waals surface area contributed by atoms with Crippen LogP contribution in [0.4, 0.5) is 0 Å². The minimum atomic E-state index is 0.509. The Morgan fingerprint density at radius 1 is 1.36 bits per heavy atom. The van der Waals surface area contributed by atoms with Gasteiger partial charge < -0.3 is 0 Å². The molecule has 0 bridgehead atoms. The van der Waals surface area contributed by atoms with E-state index in [0.29, 0.717) is 15.8 Å². The van der Waals surface area contributed by atoms with Gasteiger partial charge in [-0.1, -0.05) is 30.1 Å². The van der Waals surface area contributed by atoms with Crippen molar-refractivity contribution in [3.63, 3.8) is 0 Å². The molecule has 0 aliphatic heterocycles. The topological polar surface area (TPSA) is 25.8 Å². The summed E-state index contributed by atoms with van der Waals surface area (Å²) >= 11 is 12.0. The molecular weight excluding hydrogens is 219 g/mol. The van der Waals surface area contributed by atoms with Crippen LogP contribution in [0, 0.1) is 0 Å². The highest BCUT2D eigenvalue weighted by atomic mass is 35.5. The second-order valence-electron chi connectivity index (χ2n) is 2.96. The van der Waals surface area contributed by atoms with Crippen molar-refractivity contribution in [2.45, 2.75) is 13.3 Å². The molecule has 0 aliphatic rings. The number of fused-ring (bicyclic) bond motifs is 1. The highest BCUT2D eigenvalue weighted by Crippen LogP contribution is 2.24. The van der Waals surface area contributed by atoms with Gasteiger partial charge in [-0.05, 0) is 24.1 Å². The zero-order valence-electron chi connectivity index (χ0n) is 7.59. The fourth-order valence-corrected chi connectivity index (χ4v) is 1.77. The number of aromatic nitrogens is 2. The maximum Gasteiger partial charge on any atom is 0.162 e. The van der Waals surface area contributed by atoms with E-state index >= 15 is 0 Å². The maximum absolute atomic E-state index is 6.02. The van der Waals surface area contributed by atoms with Crippen molar-refractivity contribution in [3.8, 4) is 0 Å². The van der Waals surface area contributed by atoms with Crippen molar-refractivity contribution in [2.75, 3.05) is 0 Å². The van der Waals surface area contributed by atoms with Crippen LogP contribution in [0.1, 0.15) is 12.5 Å². The summed E-state index contributed by atoms with van der Waals surface area (Å²) in [6, 6.07) is 3.69. The monoisotopic (exact) mass is 226 g/mol. The molecule has 0 fully saturated rings. The van der Waals surface area contributed by atoms with Gasteiger partial charge in [0.2, 0.25) is 0 Å². The summed E-state index contributed by atoms with van der Waals surface area (Å²) in [6.45, 7) is 2.03. The molecule has 0 unspecified atom stereocenters. The number of halogens is 2. The predicted octanol–water partition coefficient (Wildman–Crippen LogP) is 3.50. The van der Waals surface area contributed by atoms with E-state index in [9.17, 15) is 0 Å². The molecule has 4 heteroatoms. The van der Waals surface area contributed by atoms with Crippen molar-refractivity contribution in [1.29, 1.82) is 0 Å². The van der Waals surface area contributed by atoms with Crippen LogP contribution in [-0.4, -0.2) is 9.97 Å². The second kappa shape index (κ2) is 3.71. The number of nitrogens with zero attached hydrogens (tertiary/aromatic N) is 2. The molecule has 2 aromatic heterocycles. The van der Waals surface area contributed by atoms with Crippen molar-refractivity contribution in [1.82, 2.24) is 9.97 Å². The average Bonchev–Trinajstić information content (AvgIpc) is 2.17. The summed E-state index contributed by atoms with van der Waals surface area (Å²) in [6.07, 6.45) is 2.46. The SMILES string of the molecule is CCc1cc2c(Cl)ccnc2nc1Cl. The molecule has 2 nitrogen and oxygen atoms in total. The lowest BCUT2D eigenvalue weighted by atomic mass is 10.2. The van der Waals surface area contributed by atoms with Crippen molar-refractivity contribution in [3.05, 3.63) is 34.1 Å². The quantitative estimate of drug-likeness (QED) is 0.696. The van der Waals surface area contributed by atoms with E-state index in [-0.39, 0.29) is 0 Å². The minimum absolute atomic E-state index is 0.509. The summed E-state index contributed by atoms with van der Waals surface area (Å²) in [7, 11) is 0. The Labute approximate surface area is 91.9 Å². The first-order valence-electron chi connectivity index (χ1n) is 4.32. The van der Waals surface area contributed by atoms with Gasteiger partial charge >= 0.3 is 0 Å². The Hall–Kier alpha value is -0.860. The third-order valence-electron chi connectivity index (χ3n) is 2.08. The molecule has 0 aliphatic carbocycles. The molecule has 2 aromatic rings. The van der Waals surface area contributed by atoms with Gasteiger partial charge in [-0.2, -0.15) is 0 Å². The van der Waals surface area contributed by atoms with Crippen LogP contribution in [0.15, 0.2) is 18.3 Å². The number of pyridine rings is 2. The van der Waals surface area contributed by atoms with Gasteiger partial charge in [0.1, 0.15) is 5.15 Å². The summed E-state index contributed by atoms with van der Waals surface area (Å²) in [5.41, 5.74) is 1.59. The van der Waals surface area contributed by atoms with E-state index < -0.39 is 0 Å². The smallest absolute Gasteiger partial charge is 0.162 e. The Morgan fingerprint density at radius 3 is 2.86 bits per heavy atom. The van der Waals surface area contributed by atoms with E-state index in [1.54, 1.807) is 12.3 Å². The standard InChI is InChI=1S/C10H8Cl2N2/c1-2-6-5-7-8(11)3-4-13-10(7)14-9(6)12/h3-5H,2H2,1H3. The molecule has 72 valence electrons. The molecule has 0 amide bonds. The highest BCUT2D eigenvalue weighted by molar-refractivity contribution is 6.35. The third-order valence-corrected chi connectivity index (χ3v) is 2.74. The summed E-state index contributed by atoms with van der Waals surface area (Å²) in [5.74, 6) is 0. The van der Waals surface area contributed by atoms with Gasteiger partial charge in [-0.25, -0.2) is 9.97 Å². The fourth-order valence-electron chi connectivity index (χ4n) is 1.31. The Kier molecular flexibility index (Phi) is 2.57. The summed E-state index contributed by atoms with van der Waals surface area (Å²) in [4.78, 5) is 8.28. The number of rotatable bonds is 1. The first kappa shape index (κ1) is 9.69. The molecule has 14 heavy (non-hydrogen) atoms. The van der Waals surface area contributed by atoms with Crippen molar-refractivity contribution >= 4 is 34.2 Å². The van der Waals surface area contributed by atoms with Crippen molar-refractivity contribution in [2.24, 2.45) is 0 Å². The molecule has 2 rings (SSSR count). The van der Waals surface area contributed by atoms with E-state index in [2.05, 4.69) is 9.97 Å². The minimum Gasteiger partial charge on any atom is -0.236 e. The Bertz CT molecular complexity index is 483. The van der Waals surface area contributed by atoms with Crippen LogP contribution in [0.3, 0.4) is 0 Å². The molecule has 0 radical (unpaired) electrons. The fraction of sp³-hybridized carbons (Fsp3) is 0.200. The van der Waals surface area contributed by atoms with Crippen LogP contribution in [0.5, 0.6) is 0 Å². The number of aryl methyl sites for hydroxylation is 1.